The second-order valence-electron chi connectivity index (χ2n) is 17.2. The summed E-state index contributed by atoms with van der Waals surface area (Å²) in [6.45, 7) is 0. The Morgan fingerprint density at radius 3 is 1.58 bits per heavy atom. The highest BCUT2D eigenvalue weighted by Crippen LogP contribution is 2.46. The summed E-state index contributed by atoms with van der Waals surface area (Å²) in [6, 6.07) is 93.4. The van der Waals surface area contributed by atoms with Gasteiger partial charge in [-0.3, -0.25) is 0 Å². The van der Waals surface area contributed by atoms with Crippen molar-refractivity contribution in [3.63, 3.8) is 0 Å². The van der Waals surface area contributed by atoms with E-state index >= 15 is 0 Å². The third-order valence-corrected chi connectivity index (χ3v) is 14.6. The van der Waals surface area contributed by atoms with Crippen LogP contribution < -0.4 is 4.90 Å². The van der Waals surface area contributed by atoms with Gasteiger partial charge in [0, 0.05) is 53.4 Å². The van der Waals surface area contributed by atoms with Gasteiger partial charge in [0.2, 0.25) is 0 Å². The molecule has 2 heterocycles. The second kappa shape index (κ2) is 16.2. The molecule has 2 nitrogen and oxygen atoms in total. The van der Waals surface area contributed by atoms with Crippen LogP contribution in [0.5, 0.6) is 0 Å². The monoisotopic (exact) mass is 870 g/mol. The highest BCUT2D eigenvalue weighted by Gasteiger charge is 2.22. The highest BCUT2D eigenvalue weighted by atomic mass is 32.1. The molecule has 0 atom stereocenters. The van der Waals surface area contributed by atoms with Crippen LogP contribution in [0, 0.1) is 0 Å². The minimum Gasteiger partial charge on any atom is -0.310 e. The lowest BCUT2D eigenvalue weighted by Gasteiger charge is -2.29. The number of rotatable bonds is 8. The van der Waals surface area contributed by atoms with Crippen molar-refractivity contribution >= 4 is 81.1 Å². The molecule has 0 spiro atoms. The first kappa shape index (κ1) is 38.9. The van der Waals surface area contributed by atoms with E-state index in [1.54, 1.807) is 0 Å². The third-order valence-electron chi connectivity index (χ3n) is 13.4. The van der Waals surface area contributed by atoms with Gasteiger partial charge >= 0.3 is 0 Å². The Balaban J connectivity index is 1.03. The van der Waals surface area contributed by atoms with Crippen molar-refractivity contribution in [2.45, 2.75) is 0 Å². The first-order chi connectivity index (χ1) is 33.2. The summed E-state index contributed by atoms with van der Waals surface area (Å²) in [5, 5.41) is 7.58. The molecule has 0 aliphatic carbocycles. The molecule has 0 saturated heterocycles. The van der Waals surface area contributed by atoms with E-state index in [4.69, 9.17) is 0 Å². The van der Waals surface area contributed by atoms with Crippen molar-refractivity contribution in [2.75, 3.05) is 4.90 Å². The van der Waals surface area contributed by atoms with Gasteiger partial charge in [-0.05, 0) is 111 Å². The van der Waals surface area contributed by atoms with Crippen LogP contribution in [0.3, 0.4) is 0 Å². The van der Waals surface area contributed by atoms with Crippen molar-refractivity contribution < 1.29 is 0 Å². The van der Waals surface area contributed by atoms with Crippen molar-refractivity contribution in [3.8, 4) is 50.2 Å². The zero-order valence-electron chi connectivity index (χ0n) is 36.6. The van der Waals surface area contributed by atoms with Gasteiger partial charge in [-0.25, -0.2) is 0 Å². The Kier molecular flexibility index (Phi) is 9.40. The van der Waals surface area contributed by atoms with Crippen LogP contribution in [0.1, 0.15) is 0 Å². The van der Waals surface area contributed by atoms with Gasteiger partial charge in [-0.15, -0.1) is 11.3 Å². The van der Waals surface area contributed by atoms with E-state index in [0.29, 0.717) is 0 Å². The molecule has 0 fully saturated rings. The van der Waals surface area contributed by atoms with Gasteiger partial charge in [0.15, 0.2) is 0 Å². The van der Waals surface area contributed by atoms with Crippen LogP contribution in [0.25, 0.3) is 103 Å². The number of benzene rings is 11. The Labute approximate surface area is 393 Å². The lowest BCUT2D eigenvalue weighted by atomic mass is 9.94. The molecule has 13 aromatic rings. The molecule has 314 valence electrons. The summed E-state index contributed by atoms with van der Waals surface area (Å²) < 4.78 is 5.02. The van der Waals surface area contributed by atoms with E-state index in [1.165, 1.54) is 86.1 Å². The number of hydrogen-bond acceptors (Lipinski definition) is 2. The van der Waals surface area contributed by atoms with Crippen LogP contribution in [0.15, 0.2) is 255 Å². The number of nitrogens with zero attached hydrogens (tertiary/aromatic N) is 2. The summed E-state index contributed by atoms with van der Waals surface area (Å²) in [7, 11) is 0. The Hall–Kier alpha value is -8.50. The van der Waals surface area contributed by atoms with Gasteiger partial charge in [-0.1, -0.05) is 188 Å². The molecule has 3 heteroatoms. The van der Waals surface area contributed by atoms with E-state index in [1.807, 2.05) is 11.3 Å². The molecule has 11 aromatic carbocycles. The quantitative estimate of drug-likeness (QED) is 0.148. The number of aromatic nitrogens is 1. The predicted octanol–water partition coefficient (Wildman–Crippen LogP) is 18.4. The fourth-order valence-electron chi connectivity index (χ4n) is 10.2. The molecule has 0 aliphatic rings. The molecule has 0 bridgehead atoms. The van der Waals surface area contributed by atoms with Gasteiger partial charge < -0.3 is 9.47 Å². The number of fused-ring (bicyclic) bond motifs is 7. The van der Waals surface area contributed by atoms with Crippen LogP contribution >= 0.6 is 11.3 Å². The summed E-state index contributed by atoms with van der Waals surface area (Å²) in [5.74, 6) is 0. The van der Waals surface area contributed by atoms with Gasteiger partial charge in [0.25, 0.3) is 0 Å². The number of anilines is 3. The Morgan fingerprint density at radius 2 is 0.821 bits per heavy atom. The fourth-order valence-corrected chi connectivity index (χ4v) is 11.4. The first-order valence-electron chi connectivity index (χ1n) is 22.9. The van der Waals surface area contributed by atoms with Crippen LogP contribution in [0.4, 0.5) is 17.1 Å². The van der Waals surface area contributed by atoms with Gasteiger partial charge in [-0.2, -0.15) is 0 Å². The second-order valence-corrected chi connectivity index (χ2v) is 18.3. The molecule has 0 radical (unpaired) electrons. The molecule has 0 unspecified atom stereocenters. The van der Waals surface area contributed by atoms with E-state index in [-0.39, 0.29) is 0 Å². The largest absolute Gasteiger partial charge is 0.310 e. The molecule has 13 rings (SSSR count). The fraction of sp³-hybridized carbons (Fsp3) is 0. The summed E-state index contributed by atoms with van der Waals surface area (Å²) in [5.41, 5.74) is 16.2. The van der Waals surface area contributed by atoms with E-state index in [2.05, 4.69) is 264 Å². The van der Waals surface area contributed by atoms with Gasteiger partial charge in [0.1, 0.15) is 0 Å². The number of para-hydroxylation sites is 3. The maximum atomic E-state index is 2.44. The average molecular weight is 871 g/mol. The first-order valence-corrected chi connectivity index (χ1v) is 23.7. The number of hydrogen-bond donors (Lipinski definition) is 0. The maximum Gasteiger partial charge on any atom is 0.0541 e. The van der Waals surface area contributed by atoms with E-state index < -0.39 is 0 Å². The van der Waals surface area contributed by atoms with Crippen molar-refractivity contribution in [1.29, 1.82) is 0 Å². The van der Waals surface area contributed by atoms with Crippen LogP contribution in [-0.2, 0) is 0 Å². The average Bonchev–Trinajstić information content (AvgIpc) is 3.95. The minimum absolute atomic E-state index is 1.08. The summed E-state index contributed by atoms with van der Waals surface area (Å²) >= 11 is 1.86. The smallest absolute Gasteiger partial charge is 0.0541 e. The molecule has 67 heavy (non-hydrogen) atoms. The number of thiophene rings is 1. The molecule has 0 aliphatic heterocycles. The van der Waals surface area contributed by atoms with Crippen LogP contribution in [-0.4, -0.2) is 4.57 Å². The molecule has 2 aromatic heterocycles. The lowest BCUT2D eigenvalue weighted by molar-refractivity contribution is 1.18. The van der Waals surface area contributed by atoms with Gasteiger partial charge in [0.05, 0.1) is 22.4 Å². The molecule has 0 saturated carbocycles. The van der Waals surface area contributed by atoms with Crippen LogP contribution in [0.2, 0.25) is 0 Å². The molecular weight excluding hydrogens is 829 g/mol. The highest BCUT2D eigenvalue weighted by molar-refractivity contribution is 7.25. The minimum atomic E-state index is 1.08. The zero-order valence-corrected chi connectivity index (χ0v) is 37.4. The van der Waals surface area contributed by atoms with E-state index in [9.17, 15) is 0 Å². The standard InChI is InChI=1S/C64H42N2S/c1-2-15-43(16-3-1)44-29-35-49(36-30-44)65(50-37-31-46(32-38-50)52-24-14-18-45-17-4-5-19-51(45)52)62-40-34-47(41-58(62)48-33-39-57-56-23-9-13-28-63(56)67-64(57)42-48)53-20-6-10-25-59(53)66-60-26-11-7-21-54(60)55-22-8-12-27-61(55)66/h1-42H. The van der Waals surface area contributed by atoms with Crippen molar-refractivity contribution in [2.24, 2.45) is 0 Å². The molecule has 0 N–H and O–H groups in total. The zero-order chi connectivity index (χ0) is 44.3. The normalized spacial score (nSPS) is 11.6. The Morgan fingerprint density at radius 1 is 0.299 bits per heavy atom. The maximum absolute atomic E-state index is 2.44. The topological polar surface area (TPSA) is 8.17 Å². The third kappa shape index (κ3) is 6.71. The summed E-state index contributed by atoms with van der Waals surface area (Å²) in [6.07, 6.45) is 0. The van der Waals surface area contributed by atoms with Crippen molar-refractivity contribution in [1.82, 2.24) is 4.57 Å². The molecule has 0 amide bonds. The molecular formula is C64H42N2S. The van der Waals surface area contributed by atoms with Crippen molar-refractivity contribution in [3.05, 3.63) is 255 Å². The summed E-state index contributed by atoms with van der Waals surface area (Å²) in [4.78, 5) is 2.44. The SMILES string of the molecule is c1ccc(-c2ccc(N(c3ccc(-c4cccc5ccccc45)cc3)c3ccc(-c4ccccc4-n4c5ccccc5c5ccccc54)cc3-c3ccc4c(c3)sc3ccccc34)cc2)cc1. The predicted molar refractivity (Wildman–Crippen MR) is 288 cm³/mol. The van der Waals surface area contributed by atoms with E-state index in [0.717, 1.165) is 33.9 Å². The lowest BCUT2D eigenvalue weighted by Crippen LogP contribution is -2.11. The Bertz CT molecular complexity index is 3910.